The summed E-state index contributed by atoms with van der Waals surface area (Å²) in [5.74, 6) is 1.40. The van der Waals surface area contributed by atoms with Crippen LogP contribution in [0.2, 0.25) is 0 Å². The summed E-state index contributed by atoms with van der Waals surface area (Å²) >= 11 is 0. The van der Waals surface area contributed by atoms with Crippen LogP contribution in [-0.4, -0.2) is 38.0 Å². The van der Waals surface area contributed by atoms with Crippen molar-refractivity contribution in [3.8, 4) is 11.5 Å². The summed E-state index contributed by atoms with van der Waals surface area (Å²) in [6, 6.07) is 2.00. The van der Waals surface area contributed by atoms with Crippen LogP contribution in [0, 0.1) is 20.8 Å². The molecule has 0 N–H and O–H groups in total. The summed E-state index contributed by atoms with van der Waals surface area (Å²) in [4.78, 5) is 9.14. The minimum Gasteiger partial charge on any atom is -0.381 e. The van der Waals surface area contributed by atoms with Crippen molar-refractivity contribution in [1.29, 1.82) is 0 Å². The predicted molar refractivity (Wildman–Crippen MR) is 78.7 cm³/mol. The van der Waals surface area contributed by atoms with Crippen LogP contribution in [0.15, 0.2) is 10.6 Å². The van der Waals surface area contributed by atoms with Crippen molar-refractivity contribution in [1.82, 2.24) is 24.7 Å². The molecular weight excluding hydrogens is 282 g/mol. The number of rotatable bonds is 2. The Morgan fingerprint density at radius 2 is 2.09 bits per heavy atom. The Labute approximate surface area is 127 Å². The summed E-state index contributed by atoms with van der Waals surface area (Å²) in [7, 11) is 0. The molecule has 0 aromatic carbocycles. The van der Waals surface area contributed by atoms with Gasteiger partial charge in [0.2, 0.25) is 0 Å². The smallest absolute Gasteiger partial charge is 0.263 e. The van der Waals surface area contributed by atoms with E-state index in [0.717, 1.165) is 41.3 Å². The number of hydrogen-bond donors (Lipinski definition) is 0. The van der Waals surface area contributed by atoms with E-state index in [1.54, 1.807) is 0 Å². The van der Waals surface area contributed by atoms with Gasteiger partial charge in [0.05, 0.1) is 12.3 Å². The maximum absolute atomic E-state index is 5.48. The van der Waals surface area contributed by atoms with Crippen LogP contribution in [0.1, 0.15) is 35.2 Å². The van der Waals surface area contributed by atoms with Crippen molar-refractivity contribution in [3.63, 3.8) is 0 Å². The quantitative estimate of drug-likeness (QED) is 0.722. The first-order valence-corrected chi connectivity index (χ1v) is 7.39. The normalized spacial score (nSPS) is 18.4. The highest BCUT2D eigenvalue weighted by Gasteiger charge is 2.26. The predicted octanol–water partition coefficient (Wildman–Crippen LogP) is 2.21. The fraction of sp³-hybridized carbons (Fsp3) is 0.467. The summed E-state index contributed by atoms with van der Waals surface area (Å²) in [5, 5.41) is 8.65. The fourth-order valence-electron chi connectivity index (χ4n) is 2.92. The maximum Gasteiger partial charge on any atom is 0.263 e. The minimum atomic E-state index is 0.219. The van der Waals surface area contributed by atoms with Gasteiger partial charge < -0.3 is 9.26 Å². The van der Waals surface area contributed by atoms with E-state index in [4.69, 9.17) is 9.26 Å². The van der Waals surface area contributed by atoms with Crippen LogP contribution < -0.4 is 0 Å². The van der Waals surface area contributed by atoms with Gasteiger partial charge in [-0.2, -0.15) is 10.1 Å². The van der Waals surface area contributed by atoms with Crippen molar-refractivity contribution in [2.45, 2.75) is 33.1 Å². The molecule has 114 valence electrons. The van der Waals surface area contributed by atoms with Crippen molar-refractivity contribution >= 4 is 5.65 Å². The molecule has 7 heteroatoms. The first-order valence-electron chi connectivity index (χ1n) is 7.39. The van der Waals surface area contributed by atoms with Gasteiger partial charge in [0.1, 0.15) is 5.56 Å². The molecule has 1 aliphatic rings. The number of aryl methyl sites for hydroxylation is 3. The highest BCUT2D eigenvalue weighted by atomic mass is 16.5. The van der Waals surface area contributed by atoms with E-state index in [1.807, 2.05) is 31.4 Å². The molecule has 0 saturated carbocycles. The highest BCUT2D eigenvalue weighted by molar-refractivity contribution is 5.74. The van der Waals surface area contributed by atoms with Gasteiger partial charge in [0, 0.05) is 23.9 Å². The SMILES string of the molecule is Cc1cc(C)n2nc(C)c(-c3nc(C4CCOC4)no3)c2n1. The van der Waals surface area contributed by atoms with Crippen LogP contribution in [0.4, 0.5) is 0 Å². The van der Waals surface area contributed by atoms with Crippen molar-refractivity contribution in [2.24, 2.45) is 0 Å². The van der Waals surface area contributed by atoms with E-state index in [9.17, 15) is 0 Å². The average molecular weight is 299 g/mol. The Hall–Kier alpha value is -2.28. The van der Waals surface area contributed by atoms with Gasteiger partial charge in [-0.3, -0.25) is 0 Å². The molecular formula is C15H17N5O2. The molecule has 4 rings (SSSR count). The van der Waals surface area contributed by atoms with Crippen molar-refractivity contribution in [2.75, 3.05) is 13.2 Å². The molecule has 0 spiro atoms. The number of fused-ring (bicyclic) bond motifs is 1. The van der Waals surface area contributed by atoms with Crippen LogP contribution in [-0.2, 0) is 4.74 Å². The van der Waals surface area contributed by atoms with Crippen LogP contribution >= 0.6 is 0 Å². The largest absolute Gasteiger partial charge is 0.381 e. The van der Waals surface area contributed by atoms with E-state index in [-0.39, 0.29) is 5.92 Å². The lowest BCUT2D eigenvalue weighted by Gasteiger charge is -2.00. The lowest BCUT2D eigenvalue weighted by atomic mass is 10.1. The first-order chi connectivity index (χ1) is 10.6. The number of ether oxygens (including phenoxy) is 1. The van der Waals surface area contributed by atoms with E-state index in [0.29, 0.717) is 18.3 Å². The standard InChI is InChI=1S/C15H17N5O2/c1-8-6-9(2)20-14(16-8)12(10(3)18-20)15-17-13(19-22-15)11-4-5-21-7-11/h6,11H,4-5,7H2,1-3H3. The Morgan fingerprint density at radius 3 is 2.86 bits per heavy atom. The third-order valence-corrected chi connectivity index (χ3v) is 4.02. The Morgan fingerprint density at radius 1 is 1.23 bits per heavy atom. The Bertz CT molecular complexity index is 845. The molecule has 7 nitrogen and oxygen atoms in total. The van der Waals surface area contributed by atoms with Crippen molar-refractivity contribution in [3.05, 3.63) is 29.0 Å². The molecule has 1 aliphatic heterocycles. The van der Waals surface area contributed by atoms with Gasteiger partial charge in [-0.05, 0) is 33.3 Å². The molecule has 0 amide bonds. The molecule has 0 aliphatic carbocycles. The Balaban J connectivity index is 1.85. The van der Waals surface area contributed by atoms with Gasteiger partial charge in [-0.15, -0.1) is 0 Å². The third-order valence-electron chi connectivity index (χ3n) is 4.02. The number of nitrogens with zero attached hydrogens (tertiary/aromatic N) is 5. The molecule has 3 aromatic rings. The molecule has 1 unspecified atom stereocenters. The zero-order chi connectivity index (χ0) is 15.3. The van der Waals surface area contributed by atoms with Crippen LogP contribution in [0.5, 0.6) is 0 Å². The van der Waals surface area contributed by atoms with Gasteiger partial charge in [-0.25, -0.2) is 9.50 Å². The van der Waals surface area contributed by atoms with E-state index in [1.165, 1.54) is 0 Å². The minimum absolute atomic E-state index is 0.219. The van der Waals surface area contributed by atoms with Gasteiger partial charge >= 0.3 is 0 Å². The number of aromatic nitrogens is 5. The van der Waals surface area contributed by atoms with Gasteiger partial charge in [0.25, 0.3) is 5.89 Å². The molecule has 22 heavy (non-hydrogen) atoms. The molecule has 3 aromatic heterocycles. The molecule has 4 heterocycles. The maximum atomic E-state index is 5.48. The van der Waals surface area contributed by atoms with Crippen LogP contribution in [0.3, 0.4) is 0 Å². The fourth-order valence-corrected chi connectivity index (χ4v) is 2.92. The van der Waals surface area contributed by atoms with E-state index in [2.05, 4.69) is 20.2 Å². The van der Waals surface area contributed by atoms with Gasteiger partial charge in [0.15, 0.2) is 11.5 Å². The topological polar surface area (TPSA) is 78.3 Å². The van der Waals surface area contributed by atoms with Crippen molar-refractivity contribution < 1.29 is 9.26 Å². The summed E-state index contributed by atoms with van der Waals surface area (Å²) in [6.07, 6.45) is 0.934. The van der Waals surface area contributed by atoms with E-state index < -0.39 is 0 Å². The average Bonchev–Trinajstić information content (AvgIpc) is 3.16. The number of hydrogen-bond acceptors (Lipinski definition) is 6. The van der Waals surface area contributed by atoms with Gasteiger partial charge in [-0.1, -0.05) is 5.16 Å². The molecule has 0 bridgehead atoms. The van der Waals surface area contributed by atoms with E-state index >= 15 is 0 Å². The van der Waals surface area contributed by atoms with Crippen LogP contribution in [0.25, 0.3) is 17.1 Å². The lowest BCUT2D eigenvalue weighted by Crippen LogP contribution is -1.99. The zero-order valence-electron chi connectivity index (χ0n) is 12.8. The zero-order valence-corrected chi connectivity index (χ0v) is 12.8. The summed E-state index contributed by atoms with van der Waals surface area (Å²) in [5.41, 5.74) is 4.37. The second-order valence-electron chi connectivity index (χ2n) is 5.75. The molecule has 1 atom stereocenters. The molecule has 0 radical (unpaired) electrons. The second-order valence-corrected chi connectivity index (χ2v) is 5.75. The summed E-state index contributed by atoms with van der Waals surface area (Å²) < 4.78 is 12.7. The first kappa shape index (κ1) is 13.4. The molecule has 1 saturated heterocycles. The Kier molecular flexibility index (Phi) is 2.97. The molecule has 1 fully saturated rings. The monoisotopic (exact) mass is 299 g/mol. The third kappa shape index (κ3) is 2.00. The lowest BCUT2D eigenvalue weighted by molar-refractivity contribution is 0.192. The second kappa shape index (κ2) is 4.88. The highest BCUT2D eigenvalue weighted by Crippen LogP contribution is 2.29. The summed E-state index contributed by atoms with van der Waals surface area (Å²) in [6.45, 7) is 7.32.